The summed E-state index contributed by atoms with van der Waals surface area (Å²) in [4.78, 5) is 32.7. The summed E-state index contributed by atoms with van der Waals surface area (Å²) >= 11 is 0. The number of ketones is 2. The molecule has 0 spiro atoms. The van der Waals surface area contributed by atoms with Crippen LogP contribution in [0.25, 0.3) is 0 Å². The molecule has 1 fully saturated rings. The van der Waals surface area contributed by atoms with Gasteiger partial charge in [-0.05, 0) is 19.3 Å². The number of rotatable bonds is 6. The van der Waals surface area contributed by atoms with Crippen molar-refractivity contribution in [1.29, 1.82) is 0 Å². The normalized spacial score (nSPS) is 15.6. The van der Waals surface area contributed by atoms with Crippen LogP contribution in [-0.2, 0) is 14.4 Å². The highest BCUT2D eigenvalue weighted by molar-refractivity contribution is 6.25. The van der Waals surface area contributed by atoms with Gasteiger partial charge in [0.15, 0.2) is 11.6 Å². The smallest absolute Gasteiger partial charge is 0.303 e. The molecule has 0 atom stereocenters. The van der Waals surface area contributed by atoms with E-state index in [4.69, 9.17) is 5.11 Å². The van der Waals surface area contributed by atoms with Crippen molar-refractivity contribution in [2.24, 2.45) is 0 Å². The van der Waals surface area contributed by atoms with Gasteiger partial charge in [0, 0.05) is 19.3 Å². The lowest BCUT2D eigenvalue weighted by molar-refractivity contribution is -0.137. The van der Waals surface area contributed by atoms with Gasteiger partial charge in [0.2, 0.25) is 0 Å². The van der Waals surface area contributed by atoms with E-state index in [1.165, 1.54) is 0 Å². The summed E-state index contributed by atoms with van der Waals surface area (Å²) in [5, 5.41) is 8.41. The first kappa shape index (κ1) is 12.6. The zero-order valence-electron chi connectivity index (χ0n) is 9.20. The van der Waals surface area contributed by atoms with Gasteiger partial charge in [0.25, 0.3) is 0 Å². The Hall–Kier alpha value is -1.45. The van der Waals surface area contributed by atoms with Crippen molar-refractivity contribution in [1.82, 2.24) is 0 Å². The molecular weight excluding hydrogens is 208 g/mol. The molecule has 1 saturated carbocycles. The lowest BCUT2D eigenvalue weighted by Gasteiger charge is -1.96. The number of unbranched alkanes of at least 4 members (excludes halogenated alkanes) is 3. The van der Waals surface area contributed by atoms with Gasteiger partial charge in [-0.2, -0.15) is 0 Å². The molecule has 1 rings (SSSR count). The van der Waals surface area contributed by atoms with Gasteiger partial charge in [0.1, 0.15) is 0 Å². The minimum absolute atomic E-state index is 0.0458. The number of carboxylic acids is 1. The molecule has 0 saturated heterocycles. The third kappa shape index (κ3) is 3.96. The number of aliphatic carboxylic acids is 1. The molecule has 0 aromatic heterocycles. The van der Waals surface area contributed by atoms with Gasteiger partial charge in [-0.1, -0.05) is 12.5 Å². The highest BCUT2D eigenvalue weighted by atomic mass is 16.4. The van der Waals surface area contributed by atoms with E-state index in [1.54, 1.807) is 6.08 Å². The van der Waals surface area contributed by atoms with Crippen LogP contribution in [-0.4, -0.2) is 22.6 Å². The Morgan fingerprint density at radius 3 is 2.31 bits per heavy atom. The summed E-state index contributed by atoms with van der Waals surface area (Å²) in [7, 11) is 0. The van der Waals surface area contributed by atoms with Gasteiger partial charge in [0.05, 0.1) is 5.57 Å². The molecule has 1 N–H and O–H groups in total. The minimum atomic E-state index is -0.778. The fourth-order valence-electron chi connectivity index (χ4n) is 1.72. The van der Waals surface area contributed by atoms with Crippen molar-refractivity contribution in [2.45, 2.75) is 44.9 Å². The van der Waals surface area contributed by atoms with Gasteiger partial charge in [-0.15, -0.1) is 0 Å². The van der Waals surface area contributed by atoms with E-state index in [0.717, 1.165) is 12.8 Å². The number of carboxylic acid groups (broad SMARTS) is 1. The number of hydrogen-bond acceptors (Lipinski definition) is 3. The van der Waals surface area contributed by atoms with E-state index in [0.29, 0.717) is 31.3 Å². The summed E-state index contributed by atoms with van der Waals surface area (Å²) in [6.45, 7) is 0. The maximum atomic E-state index is 11.2. The van der Waals surface area contributed by atoms with Crippen molar-refractivity contribution < 1.29 is 19.5 Å². The van der Waals surface area contributed by atoms with Crippen LogP contribution in [0.1, 0.15) is 44.9 Å². The van der Waals surface area contributed by atoms with Crippen LogP contribution in [0.4, 0.5) is 0 Å². The molecule has 88 valence electrons. The van der Waals surface area contributed by atoms with E-state index in [1.807, 2.05) is 0 Å². The van der Waals surface area contributed by atoms with E-state index in [9.17, 15) is 14.4 Å². The number of allylic oxidation sites excluding steroid dienone is 2. The van der Waals surface area contributed by atoms with E-state index >= 15 is 0 Å². The second kappa shape index (κ2) is 6.20. The van der Waals surface area contributed by atoms with Gasteiger partial charge in [-0.25, -0.2) is 0 Å². The van der Waals surface area contributed by atoms with Crippen LogP contribution in [0, 0.1) is 0 Å². The highest BCUT2D eigenvalue weighted by Gasteiger charge is 2.24. The molecule has 0 heterocycles. The van der Waals surface area contributed by atoms with Crippen LogP contribution >= 0.6 is 0 Å². The second-order valence-electron chi connectivity index (χ2n) is 3.96. The van der Waals surface area contributed by atoms with E-state index in [-0.39, 0.29) is 18.0 Å². The van der Waals surface area contributed by atoms with E-state index in [2.05, 4.69) is 0 Å². The minimum Gasteiger partial charge on any atom is -0.481 e. The Morgan fingerprint density at radius 1 is 1.12 bits per heavy atom. The van der Waals surface area contributed by atoms with Gasteiger partial charge < -0.3 is 5.11 Å². The Bertz CT molecular complexity index is 310. The molecule has 0 aliphatic heterocycles. The average molecular weight is 224 g/mol. The lowest BCUT2D eigenvalue weighted by atomic mass is 10.1. The average Bonchev–Trinajstić information content (AvgIpc) is 2.53. The highest BCUT2D eigenvalue weighted by Crippen LogP contribution is 2.18. The summed E-state index contributed by atoms with van der Waals surface area (Å²) < 4.78 is 0. The first-order valence-electron chi connectivity index (χ1n) is 5.59. The quantitative estimate of drug-likeness (QED) is 0.425. The first-order chi connectivity index (χ1) is 7.61. The van der Waals surface area contributed by atoms with Crippen LogP contribution in [0.15, 0.2) is 11.6 Å². The molecule has 0 aromatic rings. The fraction of sp³-hybridized carbons (Fsp3) is 0.583. The fourth-order valence-corrected chi connectivity index (χ4v) is 1.72. The first-order valence-corrected chi connectivity index (χ1v) is 5.59. The van der Waals surface area contributed by atoms with Crippen molar-refractivity contribution in [3.8, 4) is 0 Å². The van der Waals surface area contributed by atoms with Crippen LogP contribution in [0.5, 0.6) is 0 Å². The lowest BCUT2D eigenvalue weighted by Crippen LogP contribution is -1.99. The Morgan fingerprint density at radius 2 is 1.75 bits per heavy atom. The summed E-state index contributed by atoms with van der Waals surface area (Å²) in [5.74, 6) is -0.870. The molecule has 0 unspecified atom stereocenters. The van der Waals surface area contributed by atoms with Crippen LogP contribution in [0.3, 0.4) is 0 Å². The molecule has 0 amide bonds. The predicted molar refractivity (Wildman–Crippen MR) is 58.1 cm³/mol. The number of Topliss-reactive ketones (excluding diaryl/α,β-unsaturated/α-hetero) is 2. The predicted octanol–water partition coefficient (Wildman–Crippen LogP) is 1.88. The Kier molecular flexibility index (Phi) is 4.89. The summed E-state index contributed by atoms with van der Waals surface area (Å²) in [6.07, 6.45) is 5.59. The molecular formula is C12H16O4. The topological polar surface area (TPSA) is 71.4 Å². The summed E-state index contributed by atoms with van der Waals surface area (Å²) in [5.41, 5.74) is 0.359. The monoisotopic (exact) mass is 224 g/mol. The zero-order valence-corrected chi connectivity index (χ0v) is 9.20. The molecule has 4 heteroatoms. The molecule has 0 radical (unpaired) electrons. The van der Waals surface area contributed by atoms with Crippen molar-refractivity contribution in [3.05, 3.63) is 11.6 Å². The molecule has 0 aromatic carbocycles. The molecule has 16 heavy (non-hydrogen) atoms. The van der Waals surface area contributed by atoms with Gasteiger partial charge in [-0.3, -0.25) is 14.4 Å². The third-order valence-corrected chi connectivity index (χ3v) is 2.62. The largest absolute Gasteiger partial charge is 0.481 e. The van der Waals surface area contributed by atoms with Crippen LogP contribution in [0.2, 0.25) is 0 Å². The zero-order chi connectivity index (χ0) is 12.0. The second-order valence-corrected chi connectivity index (χ2v) is 3.96. The standard InChI is InChI=1S/C12H16O4/c13-10-7-8-11(14)9(10)5-3-1-2-4-6-12(15)16/h5H,1-4,6-8H2,(H,15,16). The van der Waals surface area contributed by atoms with Gasteiger partial charge >= 0.3 is 5.97 Å². The molecule has 1 aliphatic carbocycles. The third-order valence-electron chi connectivity index (χ3n) is 2.62. The molecule has 0 bridgehead atoms. The molecule has 1 aliphatic rings. The number of hydrogen-bond donors (Lipinski definition) is 1. The number of carbonyl (C=O) groups excluding carboxylic acids is 2. The van der Waals surface area contributed by atoms with E-state index < -0.39 is 5.97 Å². The number of carbonyl (C=O) groups is 3. The maximum Gasteiger partial charge on any atom is 0.303 e. The molecule has 4 nitrogen and oxygen atoms in total. The van der Waals surface area contributed by atoms with Crippen molar-refractivity contribution >= 4 is 17.5 Å². The SMILES string of the molecule is O=C(O)CCCCCC=C1C(=O)CCC1=O. The van der Waals surface area contributed by atoms with Crippen molar-refractivity contribution in [2.75, 3.05) is 0 Å². The van der Waals surface area contributed by atoms with Crippen LogP contribution < -0.4 is 0 Å². The summed E-state index contributed by atoms with van der Waals surface area (Å²) in [6, 6.07) is 0. The van der Waals surface area contributed by atoms with Crippen molar-refractivity contribution in [3.63, 3.8) is 0 Å². The Balaban J connectivity index is 2.19. The maximum absolute atomic E-state index is 11.2. The Labute approximate surface area is 94.3 Å².